The number of carbonyl (C=O) groups excluding carboxylic acids is 1. The zero-order valence-corrected chi connectivity index (χ0v) is 32.9. The number of benzene rings is 1. The van der Waals surface area contributed by atoms with E-state index in [4.69, 9.17) is 18.9 Å². The Bertz CT molecular complexity index is 1230. The lowest BCUT2D eigenvalue weighted by molar-refractivity contribution is -0.300. The third-order valence-corrected chi connectivity index (χ3v) is 11.2. The molecule has 3 rings (SSSR count). The van der Waals surface area contributed by atoms with Gasteiger partial charge in [-0.3, -0.25) is 4.79 Å². The number of likely N-dealkylation sites (N-methyl/N-ethyl adjacent to an activating group) is 2. The van der Waals surface area contributed by atoms with Crippen LogP contribution in [0.15, 0.2) is 42.5 Å². The van der Waals surface area contributed by atoms with Crippen molar-refractivity contribution in [2.75, 3.05) is 34.3 Å². The molecular weight excluding hydrogens is 652 g/mol. The Morgan fingerprint density at radius 2 is 1.69 bits per heavy atom. The summed E-state index contributed by atoms with van der Waals surface area (Å²) in [5.74, 6) is -2.15. The number of hydrogen-bond acceptors (Lipinski definition) is 11. The van der Waals surface area contributed by atoms with E-state index in [1.807, 2.05) is 101 Å². The highest BCUT2D eigenvalue weighted by Crippen LogP contribution is 2.37. The van der Waals surface area contributed by atoms with Crippen LogP contribution in [0.2, 0.25) is 0 Å². The van der Waals surface area contributed by atoms with Crippen LogP contribution in [0.1, 0.15) is 80.2 Å². The van der Waals surface area contributed by atoms with Crippen LogP contribution >= 0.6 is 0 Å². The van der Waals surface area contributed by atoms with E-state index in [9.17, 15) is 25.2 Å². The van der Waals surface area contributed by atoms with Crippen molar-refractivity contribution in [1.82, 2.24) is 9.80 Å². The van der Waals surface area contributed by atoms with Crippen molar-refractivity contribution in [2.45, 2.75) is 147 Å². The van der Waals surface area contributed by atoms with Gasteiger partial charge in [-0.25, -0.2) is 0 Å². The maximum atomic E-state index is 14.0. The largest absolute Gasteiger partial charge is 0.459 e. The predicted octanol–water partition coefficient (Wildman–Crippen LogP) is 3.80. The lowest BCUT2D eigenvalue weighted by Crippen LogP contribution is -2.59. The molecule has 51 heavy (non-hydrogen) atoms. The molecule has 2 fully saturated rings. The summed E-state index contributed by atoms with van der Waals surface area (Å²) in [6, 6.07) is 9.33. The number of nitrogens with zero attached hydrogens (tertiary/aromatic N) is 2. The molecule has 0 bridgehead atoms. The zero-order chi connectivity index (χ0) is 38.3. The topological polar surface area (TPSA) is 141 Å². The van der Waals surface area contributed by atoms with E-state index < -0.39 is 71.9 Å². The van der Waals surface area contributed by atoms with Crippen LogP contribution in [0.3, 0.4) is 0 Å². The molecule has 2 aliphatic heterocycles. The predicted molar refractivity (Wildman–Crippen MR) is 198 cm³/mol. The molecule has 0 spiro atoms. The van der Waals surface area contributed by atoms with Crippen molar-refractivity contribution in [3.63, 3.8) is 0 Å². The Morgan fingerprint density at radius 3 is 2.29 bits per heavy atom. The lowest BCUT2D eigenvalue weighted by Gasteiger charge is -2.47. The minimum Gasteiger partial charge on any atom is -0.459 e. The van der Waals surface area contributed by atoms with Gasteiger partial charge in [-0.15, -0.1) is 0 Å². The molecule has 0 saturated carbocycles. The monoisotopic (exact) mass is 720 g/mol. The van der Waals surface area contributed by atoms with Crippen LogP contribution in [-0.4, -0.2) is 137 Å². The minimum absolute atomic E-state index is 0.0868. The van der Waals surface area contributed by atoms with Gasteiger partial charge in [0, 0.05) is 24.5 Å². The van der Waals surface area contributed by atoms with Crippen molar-refractivity contribution >= 4 is 5.97 Å². The Balaban J connectivity index is 2.06. The second-order valence-electron chi connectivity index (χ2n) is 16.1. The van der Waals surface area contributed by atoms with Crippen LogP contribution in [0.4, 0.5) is 0 Å². The first kappa shape index (κ1) is 43.5. The summed E-state index contributed by atoms with van der Waals surface area (Å²) < 4.78 is 25.4. The first-order valence-electron chi connectivity index (χ1n) is 18.8. The first-order valence-corrected chi connectivity index (χ1v) is 18.8. The van der Waals surface area contributed by atoms with Crippen LogP contribution in [-0.2, 0) is 30.2 Å². The third kappa shape index (κ3) is 11.3. The first-order chi connectivity index (χ1) is 23.8. The normalized spacial score (nSPS) is 41.3. The van der Waals surface area contributed by atoms with Gasteiger partial charge in [-0.1, -0.05) is 63.3 Å². The highest BCUT2D eigenvalue weighted by molar-refractivity contribution is 5.73. The summed E-state index contributed by atoms with van der Waals surface area (Å²) in [7, 11) is 5.68. The molecule has 2 aliphatic rings. The van der Waals surface area contributed by atoms with Gasteiger partial charge in [0.15, 0.2) is 6.29 Å². The average molecular weight is 721 g/mol. The molecule has 11 nitrogen and oxygen atoms in total. The van der Waals surface area contributed by atoms with Crippen LogP contribution < -0.4 is 0 Å². The molecule has 2 saturated heterocycles. The number of cyclic esters (lactones) is 1. The summed E-state index contributed by atoms with van der Waals surface area (Å²) in [6.07, 6.45) is -0.387. The van der Waals surface area contributed by atoms with Crippen LogP contribution in [0.5, 0.6) is 0 Å². The van der Waals surface area contributed by atoms with Crippen molar-refractivity contribution in [2.24, 2.45) is 17.8 Å². The molecule has 11 heteroatoms. The van der Waals surface area contributed by atoms with Gasteiger partial charge in [0.25, 0.3) is 0 Å². The second kappa shape index (κ2) is 18.9. The fourth-order valence-corrected chi connectivity index (χ4v) is 8.09. The van der Waals surface area contributed by atoms with E-state index >= 15 is 0 Å². The molecule has 14 atom stereocenters. The Labute approximate surface area is 306 Å². The molecule has 0 radical (unpaired) electrons. The summed E-state index contributed by atoms with van der Waals surface area (Å²) in [5, 5.41) is 47.0. The van der Waals surface area contributed by atoms with Gasteiger partial charge in [0.2, 0.25) is 0 Å². The van der Waals surface area contributed by atoms with Gasteiger partial charge in [0.05, 0.1) is 36.4 Å². The fourth-order valence-electron chi connectivity index (χ4n) is 8.09. The van der Waals surface area contributed by atoms with Crippen molar-refractivity contribution in [1.29, 1.82) is 0 Å². The minimum atomic E-state index is -1.74. The SMILES string of the molecule is CC[C@H]1OC(=O)[C@H](C)[C@@H](OC/C=C/Cc2ccccc2)[C@H](C)[C@@H](O[C@@H]2O[C@H](C)C[C@H](N(C)C)[C@H]2O)[C@](C)(O)C[C@@H](C)CN(C)[C@H](C)[C@@H](O)[C@]1(C)O. The molecule has 0 aliphatic carbocycles. The number of rotatable bonds is 9. The number of ether oxygens (including phenoxy) is 4. The standard InChI is InChI=1S/C40H68N2O9/c1-12-32-40(8,47)35(44)29(6)42(11)24-25(2)23-39(7,46)36(51-38-33(43)31(41(9)10)22-26(3)49-38)27(4)34(28(5)37(45)50-32)48-21-17-16-20-30-18-14-13-15-19-30/h13-19,25-29,31-36,38,43-44,46-47H,12,20-24H2,1-11H3/b17-16+/t25-,26-,27+,28-,29-,31+,32-,33-,34+,35-,36-,38+,39-,40-/m1/s1. The van der Waals surface area contributed by atoms with Gasteiger partial charge in [-0.2, -0.15) is 0 Å². The van der Waals surface area contributed by atoms with E-state index in [2.05, 4.69) is 0 Å². The number of allylic oxidation sites excluding steroid dienone is 1. The molecule has 0 unspecified atom stereocenters. The summed E-state index contributed by atoms with van der Waals surface area (Å²) in [6.45, 7) is 15.1. The van der Waals surface area contributed by atoms with Gasteiger partial charge in [-0.05, 0) is 92.9 Å². The smallest absolute Gasteiger partial charge is 0.311 e. The average Bonchev–Trinajstić information content (AvgIpc) is 3.06. The van der Waals surface area contributed by atoms with Crippen molar-refractivity contribution in [3.05, 3.63) is 48.0 Å². The summed E-state index contributed by atoms with van der Waals surface area (Å²) in [5.41, 5.74) is -2.05. The molecule has 0 aromatic heterocycles. The number of esters is 1. The zero-order valence-electron chi connectivity index (χ0n) is 32.9. The number of aliphatic hydroxyl groups is 4. The molecular formula is C40H68N2O9. The lowest BCUT2D eigenvalue weighted by atomic mass is 9.77. The molecule has 2 heterocycles. The molecule has 4 N–H and O–H groups in total. The summed E-state index contributed by atoms with van der Waals surface area (Å²) >= 11 is 0. The molecule has 1 aromatic rings. The van der Waals surface area contributed by atoms with E-state index in [-0.39, 0.29) is 31.1 Å². The van der Waals surface area contributed by atoms with E-state index in [0.29, 0.717) is 25.8 Å². The Morgan fingerprint density at radius 1 is 1.04 bits per heavy atom. The quantitative estimate of drug-likeness (QED) is 0.219. The third-order valence-electron chi connectivity index (χ3n) is 11.2. The van der Waals surface area contributed by atoms with E-state index in [1.54, 1.807) is 20.8 Å². The molecule has 1 aromatic carbocycles. The number of aliphatic hydroxyl groups excluding tert-OH is 2. The van der Waals surface area contributed by atoms with Crippen LogP contribution in [0.25, 0.3) is 0 Å². The van der Waals surface area contributed by atoms with E-state index in [1.165, 1.54) is 6.92 Å². The number of carbonyl (C=O) groups is 1. The fraction of sp³-hybridized carbons (Fsp3) is 0.775. The second-order valence-corrected chi connectivity index (χ2v) is 16.1. The van der Waals surface area contributed by atoms with Crippen molar-refractivity contribution in [3.8, 4) is 0 Å². The van der Waals surface area contributed by atoms with Gasteiger partial charge < -0.3 is 49.2 Å². The summed E-state index contributed by atoms with van der Waals surface area (Å²) in [4.78, 5) is 17.9. The number of hydrogen-bond donors (Lipinski definition) is 4. The van der Waals surface area contributed by atoms with Crippen molar-refractivity contribution < 1.29 is 44.2 Å². The molecule has 0 amide bonds. The Hall–Kier alpha value is -1.93. The molecule has 292 valence electrons. The maximum absolute atomic E-state index is 14.0. The maximum Gasteiger partial charge on any atom is 0.311 e. The van der Waals surface area contributed by atoms with E-state index in [0.717, 1.165) is 5.56 Å². The Kier molecular flexibility index (Phi) is 16.1. The van der Waals surface area contributed by atoms with Gasteiger partial charge in [0.1, 0.15) is 23.9 Å². The highest BCUT2D eigenvalue weighted by Gasteiger charge is 2.50. The van der Waals surface area contributed by atoms with Gasteiger partial charge >= 0.3 is 5.97 Å². The van der Waals surface area contributed by atoms with Crippen LogP contribution in [0, 0.1) is 17.8 Å². The highest BCUT2D eigenvalue weighted by atomic mass is 16.7.